The van der Waals surface area contributed by atoms with Gasteiger partial charge in [0.1, 0.15) is 22.1 Å². The van der Waals surface area contributed by atoms with E-state index < -0.39 is 17.2 Å². The van der Waals surface area contributed by atoms with Crippen LogP contribution in [0, 0.1) is 13.8 Å². The minimum Gasteiger partial charge on any atom is -0.453 e. The van der Waals surface area contributed by atoms with Gasteiger partial charge in [0, 0.05) is 36.6 Å². The predicted molar refractivity (Wildman–Crippen MR) is 143 cm³/mol. The van der Waals surface area contributed by atoms with Crippen LogP contribution in [0.2, 0.25) is 0 Å². The third-order valence-electron chi connectivity index (χ3n) is 6.36. The third-order valence-corrected chi connectivity index (χ3v) is 7.41. The van der Waals surface area contributed by atoms with E-state index in [4.69, 9.17) is 4.74 Å². The summed E-state index contributed by atoms with van der Waals surface area (Å²) in [5.41, 5.74) is 2.24. The molecule has 5 aromatic heterocycles. The van der Waals surface area contributed by atoms with Gasteiger partial charge in [-0.2, -0.15) is 0 Å². The fourth-order valence-corrected chi connectivity index (χ4v) is 5.87. The molecule has 0 aliphatic heterocycles. The Kier molecular flexibility index (Phi) is 6.55. The molecule has 0 bridgehead atoms. The maximum atomic E-state index is 13.4. The SMILES string of the molecule is CCCCn1c(=O)[nH]c(=O)c2c1nc(COC(=O)c1sc3nc(C)cc(C)c3c1-n1cccc1)n2CC. The van der Waals surface area contributed by atoms with E-state index in [0.717, 1.165) is 40.0 Å². The van der Waals surface area contributed by atoms with E-state index in [1.165, 1.54) is 15.9 Å². The number of unbranched alkanes of at least 4 members (excludes halogenated alkanes) is 1. The smallest absolute Gasteiger partial charge is 0.351 e. The second kappa shape index (κ2) is 9.81. The molecule has 0 spiro atoms. The number of nitrogens with one attached hydrogen (secondary N) is 1. The van der Waals surface area contributed by atoms with Crippen LogP contribution in [0.4, 0.5) is 0 Å². The molecular weight excluding hydrogens is 492 g/mol. The van der Waals surface area contributed by atoms with Gasteiger partial charge < -0.3 is 13.9 Å². The molecule has 0 saturated heterocycles. The Labute approximate surface area is 216 Å². The van der Waals surface area contributed by atoms with Crippen molar-refractivity contribution in [2.45, 2.75) is 60.2 Å². The number of fused-ring (bicyclic) bond motifs is 2. The van der Waals surface area contributed by atoms with Crippen LogP contribution in [0.3, 0.4) is 0 Å². The maximum Gasteiger partial charge on any atom is 0.351 e. The van der Waals surface area contributed by atoms with Crippen LogP contribution >= 0.6 is 11.3 Å². The maximum absolute atomic E-state index is 13.4. The molecule has 10 nitrogen and oxygen atoms in total. The third kappa shape index (κ3) is 4.29. The molecular formula is C26H28N6O4S. The molecule has 0 aliphatic rings. The largest absolute Gasteiger partial charge is 0.453 e. The van der Waals surface area contributed by atoms with Crippen LogP contribution in [0.15, 0.2) is 40.2 Å². The van der Waals surface area contributed by atoms with Crippen molar-refractivity contribution in [1.29, 1.82) is 0 Å². The van der Waals surface area contributed by atoms with Crippen LogP contribution in [0.5, 0.6) is 0 Å². The highest BCUT2D eigenvalue weighted by atomic mass is 32.1. The first-order chi connectivity index (χ1) is 17.8. The first kappa shape index (κ1) is 24.7. The minimum absolute atomic E-state index is 0.145. The molecule has 5 heterocycles. The van der Waals surface area contributed by atoms with E-state index in [1.54, 1.807) is 4.57 Å². The number of imidazole rings is 1. The van der Waals surface area contributed by atoms with Crippen LogP contribution in [-0.4, -0.2) is 34.6 Å². The van der Waals surface area contributed by atoms with Crippen molar-refractivity contribution in [3.8, 4) is 5.69 Å². The number of carbonyl (C=O) groups is 1. The fourth-order valence-electron chi connectivity index (χ4n) is 4.68. The standard InChI is InChI=1S/C26H28N6O4S/c1-5-7-12-32-22-20(23(33)29-26(32)35)31(6-2)17(28-22)14-36-25(34)21-19(30-10-8-9-11-30)18-15(3)13-16(4)27-24(18)37-21/h8-11,13H,5-7,12,14H2,1-4H3,(H,29,33,35). The molecule has 0 aromatic carbocycles. The molecule has 1 N–H and O–H groups in total. The lowest BCUT2D eigenvalue weighted by molar-refractivity contribution is 0.0464. The highest BCUT2D eigenvalue weighted by Crippen LogP contribution is 2.36. The first-order valence-corrected chi connectivity index (χ1v) is 13.1. The molecule has 0 unspecified atom stereocenters. The lowest BCUT2D eigenvalue weighted by atomic mass is 10.1. The number of aryl methyl sites for hydroxylation is 4. The lowest BCUT2D eigenvalue weighted by Crippen LogP contribution is -2.31. The Bertz CT molecular complexity index is 1740. The van der Waals surface area contributed by atoms with E-state index in [0.29, 0.717) is 35.0 Å². The molecule has 37 heavy (non-hydrogen) atoms. The van der Waals surface area contributed by atoms with Gasteiger partial charge in [0.25, 0.3) is 5.56 Å². The predicted octanol–water partition coefficient (Wildman–Crippen LogP) is 4.08. The van der Waals surface area contributed by atoms with E-state index in [1.807, 2.05) is 62.9 Å². The Morgan fingerprint density at radius 1 is 1.11 bits per heavy atom. The summed E-state index contributed by atoms with van der Waals surface area (Å²) in [7, 11) is 0. The van der Waals surface area contributed by atoms with Crippen molar-refractivity contribution in [2.24, 2.45) is 0 Å². The van der Waals surface area contributed by atoms with E-state index in [-0.39, 0.29) is 6.61 Å². The van der Waals surface area contributed by atoms with Crippen molar-refractivity contribution in [1.82, 2.24) is 28.7 Å². The quantitative estimate of drug-likeness (QED) is 0.308. The molecule has 0 amide bonds. The topological polar surface area (TPSA) is 117 Å². The Morgan fingerprint density at radius 2 is 1.86 bits per heavy atom. The monoisotopic (exact) mass is 520 g/mol. The van der Waals surface area contributed by atoms with Crippen molar-refractivity contribution >= 4 is 38.7 Å². The molecule has 11 heteroatoms. The van der Waals surface area contributed by atoms with Crippen LogP contribution < -0.4 is 11.2 Å². The van der Waals surface area contributed by atoms with Gasteiger partial charge in [-0.15, -0.1) is 11.3 Å². The van der Waals surface area contributed by atoms with Crippen LogP contribution in [0.1, 0.15) is 53.4 Å². The Hall–Kier alpha value is -3.99. The van der Waals surface area contributed by atoms with Crippen molar-refractivity contribution in [3.05, 3.63) is 73.4 Å². The van der Waals surface area contributed by atoms with Gasteiger partial charge in [0.15, 0.2) is 11.2 Å². The number of rotatable bonds is 8. The number of aromatic amines is 1. The van der Waals surface area contributed by atoms with Gasteiger partial charge >= 0.3 is 11.7 Å². The molecule has 5 rings (SSSR count). The van der Waals surface area contributed by atoms with Crippen LogP contribution in [0.25, 0.3) is 27.1 Å². The minimum atomic E-state index is -0.504. The van der Waals surface area contributed by atoms with Crippen LogP contribution in [-0.2, 0) is 24.4 Å². The number of pyridine rings is 1. The number of H-pyrrole nitrogens is 1. The lowest BCUT2D eigenvalue weighted by Gasteiger charge is -2.09. The van der Waals surface area contributed by atoms with Crippen molar-refractivity contribution in [2.75, 3.05) is 0 Å². The first-order valence-electron chi connectivity index (χ1n) is 12.3. The molecule has 0 aliphatic carbocycles. The second-order valence-electron chi connectivity index (χ2n) is 8.92. The summed E-state index contributed by atoms with van der Waals surface area (Å²) in [5.74, 6) is -0.100. The molecule has 192 valence electrons. The average molecular weight is 521 g/mol. The molecule has 5 aromatic rings. The molecule has 0 atom stereocenters. The molecule has 0 radical (unpaired) electrons. The van der Waals surface area contributed by atoms with Crippen molar-refractivity contribution < 1.29 is 9.53 Å². The number of ether oxygens (including phenoxy) is 1. The zero-order valence-corrected chi connectivity index (χ0v) is 22.0. The summed E-state index contributed by atoms with van der Waals surface area (Å²) in [6.07, 6.45) is 5.43. The number of esters is 1. The van der Waals surface area contributed by atoms with E-state index in [2.05, 4.69) is 15.0 Å². The van der Waals surface area contributed by atoms with Gasteiger partial charge in [-0.25, -0.2) is 19.6 Å². The number of nitrogens with zero attached hydrogens (tertiary/aromatic N) is 5. The van der Waals surface area contributed by atoms with Gasteiger partial charge in [-0.05, 0) is 51.0 Å². The number of thiophene rings is 1. The van der Waals surface area contributed by atoms with E-state index >= 15 is 0 Å². The number of hydrogen-bond acceptors (Lipinski definition) is 7. The highest BCUT2D eigenvalue weighted by Gasteiger charge is 2.25. The Morgan fingerprint density at radius 3 is 2.57 bits per heavy atom. The number of hydrogen-bond donors (Lipinski definition) is 1. The van der Waals surface area contributed by atoms with Crippen molar-refractivity contribution in [3.63, 3.8) is 0 Å². The Balaban J connectivity index is 1.55. The summed E-state index contributed by atoms with van der Waals surface area (Å²) in [4.78, 5) is 51.4. The number of carbonyl (C=O) groups excluding carboxylic acids is 1. The molecule has 0 fully saturated rings. The summed E-state index contributed by atoms with van der Waals surface area (Å²) in [6.45, 7) is 8.56. The highest BCUT2D eigenvalue weighted by molar-refractivity contribution is 7.21. The zero-order chi connectivity index (χ0) is 26.3. The van der Waals surface area contributed by atoms with Gasteiger partial charge in [-0.1, -0.05) is 13.3 Å². The molecule has 0 saturated carbocycles. The zero-order valence-electron chi connectivity index (χ0n) is 21.2. The summed E-state index contributed by atoms with van der Waals surface area (Å²) >= 11 is 1.29. The summed E-state index contributed by atoms with van der Waals surface area (Å²) < 4.78 is 10.8. The summed E-state index contributed by atoms with van der Waals surface area (Å²) in [6, 6.07) is 5.79. The van der Waals surface area contributed by atoms with Gasteiger partial charge in [0.05, 0.1) is 5.69 Å². The van der Waals surface area contributed by atoms with E-state index in [9.17, 15) is 14.4 Å². The fraction of sp³-hybridized carbons (Fsp3) is 0.346. The summed E-state index contributed by atoms with van der Waals surface area (Å²) in [5, 5.41) is 0.908. The normalized spacial score (nSPS) is 11.6. The van der Waals surface area contributed by atoms with Gasteiger partial charge in [0.2, 0.25) is 0 Å². The average Bonchev–Trinajstić information content (AvgIpc) is 3.59. The second-order valence-corrected chi connectivity index (χ2v) is 9.91. The van der Waals surface area contributed by atoms with Gasteiger partial charge in [-0.3, -0.25) is 14.3 Å². The number of aromatic nitrogens is 6.